The molecule has 1 fully saturated rings. The number of nitrogens with zero attached hydrogens (tertiary/aromatic N) is 3. The van der Waals surface area contributed by atoms with Gasteiger partial charge in [0.1, 0.15) is 29.2 Å². The minimum Gasteiger partial charge on any atom is -0.444 e. The highest BCUT2D eigenvalue weighted by atomic mass is 16.6. The summed E-state index contributed by atoms with van der Waals surface area (Å²) >= 11 is 0. The summed E-state index contributed by atoms with van der Waals surface area (Å²) in [5.74, 6) is -0.276. The van der Waals surface area contributed by atoms with Crippen molar-refractivity contribution in [2.45, 2.75) is 83.5 Å². The number of ether oxygens (including phenoxy) is 2. The predicted octanol–water partition coefficient (Wildman–Crippen LogP) is 3.83. The summed E-state index contributed by atoms with van der Waals surface area (Å²) in [5.41, 5.74) is -0.370. The molecule has 4 rings (SSSR count). The van der Waals surface area contributed by atoms with Gasteiger partial charge in [0.2, 0.25) is 11.8 Å². The highest BCUT2D eigenvalue weighted by Crippen LogP contribution is 2.25. The highest BCUT2D eigenvalue weighted by molar-refractivity contribution is 5.89. The number of aliphatic hydroxyl groups is 1. The monoisotopic (exact) mass is 634 g/mol. The molecule has 0 aliphatic carbocycles. The van der Waals surface area contributed by atoms with E-state index in [9.17, 15) is 19.5 Å². The first-order chi connectivity index (χ1) is 21.8. The zero-order valence-corrected chi connectivity index (χ0v) is 27.2. The first-order valence-corrected chi connectivity index (χ1v) is 15.6. The first kappa shape index (κ1) is 34.5. The Labute approximate surface area is 270 Å². The first-order valence-electron chi connectivity index (χ1n) is 15.6. The number of nitrogens with one attached hydrogen (secondary N) is 3. The standard InChI is InChI=1S/C34H46N6O6/c1-33(2,3)46-32(44)38-34(4,5)31(43)36-26(22-45-21-24-14-8-6-9-15-24)29(41)37-27-20-40(23-35-27)28(25-16-10-7-11-17-25)30(42)39-18-12-13-19-39/h6-11,14-17,20,23,26,28-29,37,41H,12-13,18-19,21-22H2,1-5H3,(H,36,43)(H,38,44)/t26-,28?,29?/m1/s1. The van der Waals surface area contributed by atoms with E-state index >= 15 is 0 Å². The van der Waals surface area contributed by atoms with Crippen molar-refractivity contribution in [1.29, 1.82) is 0 Å². The Hall–Kier alpha value is -4.42. The van der Waals surface area contributed by atoms with E-state index in [0.29, 0.717) is 18.9 Å². The third-order valence-corrected chi connectivity index (χ3v) is 7.45. The van der Waals surface area contributed by atoms with Crippen molar-refractivity contribution in [3.8, 4) is 0 Å². The van der Waals surface area contributed by atoms with Gasteiger partial charge in [-0.1, -0.05) is 60.7 Å². The number of likely N-dealkylation sites (tertiary alicyclic amines) is 1. The average Bonchev–Trinajstić information content (AvgIpc) is 3.69. The summed E-state index contributed by atoms with van der Waals surface area (Å²) in [5, 5.41) is 19.6. The van der Waals surface area contributed by atoms with Gasteiger partial charge in [0, 0.05) is 19.3 Å². The second-order valence-corrected chi connectivity index (χ2v) is 13.0. The van der Waals surface area contributed by atoms with E-state index in [1.807, 2.05) is 65.6 Å². The third kappa shape index (κ3) is 9.79. The van der Waals surface area contributed by atoms with Crippen molar-refractivity contribution < 1.29 is 29.0 Å². The SMILES string of the molecule is CC(C)(C)OC(=O)NC(C)(C)C(=O)N[C@H](COCc1ccccc1)C(O)Nc1cn(C(C(=O)N2CCCC2)c2ccccc2)cn1. The number of aromatic nitrogens is 2. The molecule has 1 aliphatic heterocycles. The van der Waals surface area contributed by atoms with Gasteiger partial charge in [-0.05, 0) is 58.6 Å². The Morgan fingerprint density at radius 3 is 2.22 bits per heavy atom. The number of hydrogen-bond acceptors (Lipinski definition) is 8. The normalized spacial score (nSPS) is 15.5. The molecule has 1 saturated heterocycles. The lowest BCUT2D eigenvalue weighted by Gasteiger charge is -2.31. The summed E-state index contributed by atoms with van der Waals surface area (Å²) in [4.78, 5) is 45.7. The fraction of sp³-hybridized carbons (Fsp3) is 0.471. The summed E-state index contributed by atoms with van der Waals surface area (Å²) in [6.45, 7) is 9.89. The minimum absolute atomic E-state index is 0.0210. The molecule has 2 heterocycles. The Kier molecular flexibility index (Phi) is 11.4. The topological polar surface area (TPSA) is 147 Å². The van der Waals surface area contributed by atoms with Crippen LogP contribution in [0.25, 0.3) is 0 Å². The number of imidazole rings is 1. The number of benzene rings is 2. The van der Waals surface area contributed by atoms with E-state index in [1.165, 1.54) is 13.8 Å². The van der Waals surface area contributed by atoms with Crippen molar-refractivity contribution in [1.82, 2.24) is 25.1 Å². The molecule has 0 spiro atoms. The fourth-order valence-electron chi connectivity index (χ4n) is 5.05. The van der Waals surface area contributed by atoms with Crippen molar-refractivity contribution in [3.63, 3.8) is 0 Å². The molecule has 1 aromatic heterocycles. The van der Waals surface area contributed by atoms with Gasteiger partial charge in [-0.25, -0.2) is 9.78 Å². The van der Waals surface area contributed by atoms with Crippen LogP contribution >= 0.6 is 0 Å². The summed E-state index contributed by atoms with van der Waals surface area (Å²) in [6.07, 6.45) is 3.06. The number of alkyl carbamates (subject to hydrolysis) is 1. The summed E-state index contributed by atoms with van der Waals surface area (Å²) in [6, 6.07) is 17.4. The molecule has 248 valence electrons. The van der Waals surface area contributed by atoms with Gasteiger partial charge >= 0.3 is 6.09 Å². The Bertz CT molecular complexity index is 1430. The van der Waals surface area contributed by atoms with Crippen molar-refractivity contribution >= 4 is 23.7 Å². The van der Waals surface area contributed by atoms with Crippen molar-refractivity contribution in [2.24, 2.45) is 0 Å². The lowest BCUT2D eigenvalue weighted by molar-refractivity contribution is -0.132. The van der Waals surface area contributed by atoms with Crippen LogP contribution < -0.4 is 16.0 Å². The lowest BCUT2D eigenvalue weighted by atomic mass is 10.0. The van der Waals surface area contributed by atoms with E-state index in [-0.39, 0.29) is 19.1 Å². The van der Waals surface area contributed by atoms with Crippen LogP contribution in [0.3, 0.4) is 0 Å². The molecule has 0 radical (unpaired) electrons. The van der Waals surface area contributed by atoms with Crippen LogP contribution in [0.1, 0.15) is 64.6 Å². The quantitative estimate of drug-likeness (QED) is 0.208. The molecule has 12 heteroatoms. The smallest absolute Gasteiger partial charge is 0.408 e. The molecule has 46 heavy (non-hydrogen) atoms. The number of carbonyl (C=O) groups excluding carboxylic acids is 3. The van der Waals surface area contributed by atoms with Crippen LogP contribution in [-0.4, -0.2) is 80.6 Å². The highest BCUT2D eigenvalue weighted by Gasteiger charge is 2.35. The molecular weight excluding hydrogens is 588 g/mol. The van der Waals surface area contributed by atoms with Gasteiger partial charge in [-0.3, -0.25) is 9.59 Å². The van der Waals surface area contributed by atoms with E-state index in [0.717, 1.165) is 24.0 Å². The maximum atomic E-state index is 13.6. The summed E-state index contributed by atoms with van der Waals surface area (Å²) < 4.78 is 12.9. The maximum absolute atomic E-state index is 13.6. The number of hydrogen-bond donors (Lipinski definition) is 4. The van der Waals surface area contributed by atoms with Crippen LogP contribution in [0.5, 0.6) is 0 Å². The van der Waals surface area contributed by atoms with Gasteiger partial charge in [-0.15, -0.1) is 0 Å². The molecule has 0 saturated carbocycles. The van der Waals surface area contributed by atoms with E-state index in [2.05, 4.69) is 20.9 Å². The third-order valence-electron chi connectivity index (χ3n) is 7.45. The molecular formula is C34H46N6O6. The number of aliphatic hydroxyl groups excluding tert-OH is 1. The van der Waals surface area contributed by atoms with E-state index in [1.54, 1.807) is 37.9 Å². The van der Waals surface area contributed by atoms with Crippen LogP contribution in [0.2, 0.25) is 0 Å². The van der Waals surface area contributed by atoms with Crippen LogP contribution in [0, 0.1) is 0 Å². The van der Waals surface area contributed by atoms with Gasteiger partial charge in [0.15, 0.2) is 0 Å². The van der Waals surface area contributed by atoms with Crippen LogP contribution in [0.15, 0.2) is 73.2 Å². The van der Waals surface area contributed by atoms with Crippen LogP contribution in [-0.2, 0) is 25.7 Å². The average molecular weight is 635 g/mol. The predicted molar refractivity (Wildman–Crippen MR) is 174 cm³/mol. The molecule has 2 aromatic carbocycles. The number of amides is 3. The number of carbonyl (C=O) groups is 3. The second kappa shape index (κ2) is 15.2. The molecule has 0 bridgehead atoms. The van der Waals surface area contributed by atoms with Gasteiger partial charge in [0.25, 0.3) is 0 Å². The molecule has 2 unspecified atom stereocenters. The van der Waals surface area contributed by atoms with Gasteiger partial charge in [-0.2, -0.15) is 0 Å². The molecule has 1 aliphatic rings. The fourth-order valence-corrected chi connectivity index (χ4v) is 5.05. The van der Waals surface area contributed by atoms with Crippen molar-refractivity contribution in [3.05, 3.63) is 84.3 Å². The Morgan fingerprint density at radius 2 is 1.59 bits per heavy atom. The van der Waals surface area contributed by atoms with Crippen molar-refractivity contribution in [2.75, 3.05) is 25.0 Å². The molecule has 4 N–H and O–H groups in total. The van der Waals surface area contributed by atoms with E-state index < -0.39 is 41.5 Å². The molecule has 12 nitrogen and oxygen atoms in total. The Balaban J connectivity index is 1.49. The maximum Gasteiger partial charge on any atom is 0.408 e. The zero-order chi connectivity index (χ0) is 33.3. The van der Waals surface area contributed by atoms with Gasteiger partial charge in [0.05, 0.1) is 25.6 Å². The second-order valence-electron chi connectivity index (χ2n) is 13.0. The van der Waals surface area contributed by atoms with Crippen LogP contribution in [0.4, 0.5) is 10.6 Å². The molecule has 3 atom stereocenters. The Morgan fingerprint density at radius 1 is 0.957 bits per heavy atom. The zero-order valence-electron chi connectivity index (χ0n) is 27.2. The minimum atomic E-state index is -1.37. The number of rotatable bonds is 13. The van der Waals surface area contributed by atoms with Gasteiger partial charge < -0.3 is 40.0 Å². The number of anilines is 1. The molecule has 3 amide bonds. The van der Waals surface area contributed by atoms with E-state index in [4.69, 9.17) is 9.47 Å². The molecule has 3 aromatic rings. The lowest BCUT2D eigenvalue weighted by Crippen LogP contribution is -2.60. The largest absolute Gasteiger partial charge is 0.444 e. The summed E-state index contributed by atoms with van der Waals surface area (Å²) in [7, 11) is 0.